The fourth-order valence-corrected chi connectivity index (χ4v) is 0.137. The lowest BCUT2D eigenvalue weighted by atomic mass is 9.96. The molecular formula is C5H9NO2. The van der Waals surface area contributed by atoms with Crippen LogP contribution < -0.4 is 0 Å². The Morgan fingerprint density at radius 3 is 1.75 bits per heavy atom. The first-order valence-electron chi connectivity index (χ1n) is 2.36. The second-order valence-electron chi connectivity index (χ2n) is 2.65. The first-order valence-corrected chi connectivity index (χ1v) is 2.36. The van der Waals surface area contributed by atoms with E-state index < -0.39 is 11.3 Å². The monoisotopic (exact) mass is 115 g/mol. The molecule has 8 heavy (non-hydrogen) atoms. The van der Waals surface area contributed by atoms with Crippen LogP contribution in [0, 0.1) is 10.3 Å². The van der Waals surface area contributed by atoms with E-state index in [9.17, 15) is 9.70 Å². The minimum Gasteiger partial charge on any atom is -0.268 e. The van der Waals surface area contributed by atoms with E-state index in [1.165, 1.54) is 0 Å². The molecule has 0 aliphatic carbocycles. The fourth-order valence-electron chi connectivity index (χ4n) is 0.137. The van der Waals surface area contributed by atoms with E-state index in [-0.39, 0.29) is 0 Å². The van der Waals surface area contributed by atoms with E-state index in [1.54, 1.807) is 20.8 Å². The SMILES string of the molecule is CC(C)(C)C(=O)N=O. The molecule has 0 spiro atoms. The summed E-state index contributed by atoms with van der Waals surface area (Å²) < 4.78 is 0. The zero-order valence-corrected chi connectivity index (χ0v) is 5.26. The Hall–Kier alpha value is -0.730. The molecule has 0 atom stereocenters. The number of rotatable bonds is 0. The van der Waals surface area contributed by atoms with Gasteiger partial charge in [0.25, 0.3) is 5.91 Å². The summed E-state index contributed by atoms with van der Waals surface area (Å²) in [7, 11) is 0. The molecule has 3 nitrogen and oxygen atoms in total. The van der Waals surface area contributed by atoms with E-state index in [4.69, 9.17) is 0 Å². The molecule has 0 heterocycles. The van der Waals surface area contributed by atoms with Crippen molar-refractivity contribution in [3.05, 3.63) is 4.91 Å². The normalized spacial score (nSPS) is 10.9. The molecular weight excluding hydrogens is 106 g/mol. The molecule has 0 aromatic rings. The zero-order chi connectivity index (χ0) is 6.78. The van der Waals surface area contributed by atoms with Crippen LogP contribution in [-0.4, -0.2) is 5.91 Å². The number of carbonyl (C=O) groups is 1. The molecule has 0 saturated carbocycles. The molecule has 1 amide bonds. The molecule has 0 aromatic carbocycles. The molecule has 0 rings (SSSR count). The minimum absolute atomic E-state index is 0.600. The molecule has 0 aliphatic heterocycles. The van der Waals surface area contributed by atoms with Crippen LogP contribution in [0.1, 0.15) is 20.8 Å². The number of hydrogen-bond acceptors (Lipinski definition) is 2. The molecule has 0 saturated heterocycles. The molecule has 0 N–H and O–H groups in total. The highest BCUT2D eigenvalue weighted by Crippen LogP contribution is 2.13. The lowest BCUT2D eigenvalue weighted by molar-refractivity contribution is -0.125. The van der Waals surface area contributed by atoms with Crippen LogP contribution in [0.2, 0.25) is 0 Å². The van der Waals surface area contributed by atoms with Crippen LogP contribution in [0.5, 0.6) is 0 Å². The van der Waals surface area contributed by atoms with Crippen LogP contribution in [0.3, 0.4) is 0 Å². The lowest BCUT2D eigenvalue weighted by Gasteiger charge is -2.08. The van der Waals surface area contributed by atoms with Gasteiger partial charge in [0.05, 0.1) is 0 Å². The predicted molar refractivity (Wildman–Crippen MR) is 30.3 cm³/mol. The average molecular weight is 115 g/mol. The van der Waals surface area contributed by atoms with Crippen molar-refractivity contribution in [3.8, 4) is 0 Å². The maximum atomic E-state index is 10.4. The highest BCUT2D eigenvalue weighted by atomic mass is 16.3. The van der Waals surface area contributed by atoms with Gasteiger partial charge >= 0.3 is 0 Å². The van der Waals surface area contributed by atoms with E-state index in [1.807, 2.05) is 0 Å². The van der Waals surface area contributed by atoms with E-state index in [0.717, 1.165) is 0 Å². The standard InChI is InChI=1S/C5H9NO2/c1-5(2,3)4(7)6-8/h1-3H3. The smallest absolute Gasteiger partial charge is 0.268 e. The Balaban J connectivity index is 4.02. The van der Waals surface area contributed by atoms with Crippen molar-refractivity contribution in [1.29, 1.82) is 0 Å². The number of carbonyl (C=O) groups excluding carboxylic acids is 1. The lowest BCUT2D eigenvalue weighted by Crippen LogP contribution is -2.16. The van der Waals surface area contributed by atoms with Crippen molar-refractivity contribution in [3.63, 3.8) is 0 Å². The number of nitroso groups, excluding NO2 is 1. The molecule has 0 bridgehead atoms. The molecule has 0 unspecified atom stereocenters. The van der Waals surface area contributed by atoms with Gasteiger partial charge in [-0.3, -0.25) is 4.79 Å². The maximum absolute atomic E-state index is 10.4. The second-order valence-corrected chi connectivity index (χ2v) is 2.65. The van der Waals surface area contributed by atoms with Crippen LogP contribution in [-0.2, 0) is 4.79 Å². The fraction of sp³-hybridized carbons (Fsp3) is 0.800. The third-order valence-corrected chi connectivity index (χ3v) is 0.725. The largest absolute Gasteiger partial charge is 0.291 e. The topological polar surface area (TPSA) is 46.5 Å². The number of amides is 1. The van der Waals surface area contributed by atoms with Gasteiger partial charge in [-0.15, -0.1) is 4.91 Å². The highest BCUT2D eigenvalue weighted by Gasteiger charge is 2.21. The molecule has 0 radical (unpaired) electrons. The minimum atomic E-state index is -0.609. The van der Waals surface area contributed by atoms with Crippen LogP contribution in [0.15, 0.2) is 5.18 Å². The summed E-state index contributed by atoms with van der Waals surface area (Å²) in [5, 5.41) is 2.27. The molecule has 0 fully saturated rings. The third kappa shape index (κ3) is 1.82. The van der Waals surface area contributed by atoms with E-state index in [0.29, 0.717) is 0 Å². The van der Waals surface area contributed by atoms with Crippen molar-refractivity contribution in [2.24, 2.45) is 10.6 Å². The van der Waals surface area contributed by atoms with Gasteiger partial charge in [0.1, 0.15) is 0 Å². The Morgan fingerprint density at radius 2 is 1.75 bits per heavy atom. The Bertz CT molecular complexity index is 112. The maximum Gasteiger partial charge on any atom is 0.291 e. The summed E-state index contributed by atoms with van der Waals surface area (Å²) in [5.74, 6) is -0.600. The van der Waals surface area contributed by atoms with Gasteiger partial charge in [-0.2, -0.15) is 0 Å². The van der Waals surface area contributed by atoms with Crippen molar-refractivity contribution in [2.75, 3.05) is 0 Å². The van der Waals surface area contributed by atoms with Gasteiger partial charge in [0.2, 0.25) is 0 Å². The molecule has 0 aliphatic rings. The first kappa shape index (κ1) is 7.27. The van der Waals surface area contributed by atoms with E-state index in [2.05, 4.69) is 5.18 Å². The van der Waals surface area contributed by atoms with Crippen LogP contribution in [0.25, 0.3) is 0 Å². The molecule has 3 heteroatoms. The van der Waals surface area contributed by atoms with Gasteiger partial charge in [-0.1, -0.05) is 20.8 Å². The second kappa shape index (κ2) is 2.03. The summed E-state index contributed by atoms with van der Waals surface area (Å²) in [5.41, 5.74) is -0.609. The molecule has 46 valence electrons. The van der Waals surface area contributed by atoms with Crippen molar-refractivity contribution in [1.82, 2.24) is 0 Å². The van der Waals surface area contributed by atoms with Gasteiger partial charge in [0.15, 0.2) is 0 Å². The van der Waals surface area contributed by atoms with Gasteiger partial charge in [-0.05, 0) is 0 Å². The van der Waals surface area contributed by atoms with Crippen LogP contribution in [0.4, 0.5) is 0 Å². The highest BCUT2D eigenvalue weighted by molar-refractivity contribution is 5.81. The number of hydrogen-bond donors (Lipinski definition) is 0. The summed E-state index contributed by atoms with van der Waals surface area (Å²) in [6, 6.07) is 0. The number of nitrogens with zero attached hydrogens (tertiary/aromatic N) is 1. The summed E-state index contributed by atoms with van der Waals surface area (Å²) in [4.78, 5) is 19.9. The first-order chi connectivity index (χ1) is 3.48. The quantitative estimate of drug-likeness (QED) is 0.447. The van der Waals surface area contributed by atoms with Gasteiger partial charge in [-0.25, -0.2) is 0 Å². The van der Waals surface area contributed by atoms with Crippen molar-refractivity contribution < 1.29 is 4.79 Å². The van der Waals surface area contributed by atoms with Crippen molar-refractivity contribution in [2.45, 2.75) is 20.8 Å². The van der Waals surface area contributed by atoms with Crippen molar-refractivity contribution >= 4 is 5.91 Å². The molecule has 0 aromatic heterocycles. The average Bonchev–Trinajstić information content (AvgIpc) is 1.62. The van der Waals surface area contributed by atoms with Gasteiger partial charge in [0, 0.05) is 10.6 Å². The summed E-state index contributed by atoms with van der Waals surface area (Å²) >= 11 is 0. The van der Waals surface area contributed by atoms with Gasteiger partial charge < -0.3 is 0 Å². The van der Waals surface area contributed by atoms with Crippen LogP contribution >= 0.6 is 0 Å². The summed E-state index contributed by atoms with van der Waals surface area (Å²) in [6.07, 6.45) is 0. The predicted octanol–water partition coefficient (Wildman–Crippen LogP) is 1.33. The Labute approximate surface area is 48.1 Å². The zero-order valence-electron chi connectivity index (χ0n) is 5.26. The van der Waals surface area contributed by atoms with E-state index >= 15 is 0 Å². The Morgan fingerprint density at radius 1 is 1.38 bits per heavy atom. The Kier molecular flexibility index (Phi) is 1.84. The summed E-state index contributed by atoms with van der Waals surface area (Å²) in [6.45, 7) is 4.95. The third-order valence-electron chi connectivity index (χ3n) is 0.725.